The lowest BCUT2D eigenvalue weighted by atomic mass is 9.99. The van der Waals surface area contributed by atoms with E-state index in [2.05, 4.69) is 15.0 Å². The molecule has 0 saturated carbocycles. The molecule has 3 aromatic rings. The maximum Gasteiger partial charge on any atom is 0.250 e. The Morgan fingerprint density at radius 2 is 2.03 bits per heavy atom. The first-order chi connectivity index (χ1) is 16.6. The Kier molecular flexibility index (Phi) is 6.27. The van der Waals surface area contributed by atoms with Crippen LogP contribution >= 0.6 is 0 Å². The van der Waals surface area contributed by atoms with Crippen molar-refractivity contribution in [2.24, 2.45) is 5.92 Å². The van der Waals surface area contributed by atoms with E-state index in [-0.39, 0.29) is 23.8 Å². The number of hydrogen-bond acceptors (Lipinski definition) is 8. The Labute approximate surface area is 196 Å². The lowest BCUT2D eigenvalue weighted by Gasteiger charge is -2.26. The number of carbonyl (C=O) groups is 1. The van der Waals surface area contributed by atoms with Gasteiger partial charge in [0.15, 0.2) is 17.0 Å². The molecule has 2 aliphatic rings. The van der Waals surface area contributed by atoms with E-state index in [0.717, 1.165) is 19.3 Å². The Morgan fingerprint density at radius 3 is 2.76 bits per heavy atom. The van der Waals surface area contributed by atoms with Gasteiger partial charge in [0, 0.05) is 50.4 Å². The number of methoxy groups -OCH3 is 1. The molecule has 2 fully saturated rings. The van der Waals surface area contributed by atoms with Gasteiger partial charge >= 0.3 is 0 Å². The van der Waals surface area contributed by atoms with Crippen molar-refractivity contribution in [3.63, 3.8) is 0 Å². The summed E-state index contributed by atoms with van der Waals surface area (Å²) in [7, 11) is 1.37. The monoisotopic (exact) mass is 470 g/mol. The second kappa shape index (κ2) is 9.49. The van der Waals surface area contributed by atoms with Gasteiger partial charge < -0.3 is 23.7 Å². The summed E-state index contributed by atoms with van der Waals surface area (Å²) < 4.78 is 32.7. The number of carbonyl (C=O) groups excluding carboxylic acids is 1. The fourth-order valence-corrected chi connectivity index (χ4v) is 4.61. The predicted molar refractivity (Wildman–Crippen MR) is 120 cm³/mol. The van der Waals surface area contributed by atoms with Crippen LogP contribution in [0.3, 0.4) is 0 Å². The minimum atomic E-state index is -0.572. The molecule has 0 N–H and O–H groups in total. The molecule has 0 bridgehead atoms. The number of amides is 1. The van der Waals surface area contributed by atoms with Crippen LogP contribution in [0.5, 0.6) is 11.8 Å². The van der Waals surface area contributed by atoms with Gasteiger partial charge in [-0.2, -0.15) is 4.98 Å². The van der Waals surface area contributed by atoms with E-state index in [1.807, 2.05) is 16.4 Å². The van der Waals surface area contributed by atoms with Gasteiger partial charge in [-0.05, 0) is 25.8 Å². The summed E-state index contributed by atoms with van der Waals surface area (Å²) in [6.45, 7) is 4.96. The highest BCUT2D eigenvalue weighted by Crippen LogP contribution is 2.31. The molecule has 3 aromatic heterocycles. The molecule has 1 unspecified atom stereocenters. The van der Waals surface area contributed by atoms with E-state index in [1.54, 1.807) is 0 Å². The summed E-state index contributed by atoms with van der Waals surface area (Å²) in [5.74, 6) is 0.420. The number of ether oxygens (including phenoxy) is 3. The third kappa shape index (κ3) is 4.15. The van der Waals surface area contributed by atoms with Crippen LogP contribution in [0.25, 0.3) is 22.6 Å². The molecular formula is C23H27FN6O4. The molecule has 0 spiro atoms. The molecule has 1 amide bonds. The van der Waals surface area contributed by atoms with Gasteiger partial charge in [-0.1, -0.05) is 0 Å². The standard InChI is InChI=1S/C23H27FN6O4/c1-3-30-19(15-10-17(24)21(32-2)25-11-15)28-18-20(30)26-13-27-22(18)34-16-4-7-29(12-16)23(31)14-5-8-33-9-6-14/h10-11,13-14,16H,3-9,12H2,1-2H3. The van der Waals surface area contributed by atoms with Crippen LogP contribution in [-0.2, 0) is 16.1 Å². The molecule has 0 aliphatic carbocycles. The summed E-state index contributed by atoms with van der Waals surface area (Å²) in [5, 5.41) is 0. The number of hydrogen-bond donors (Lipinski definition) is 0. The molecular weight excluding hydrogens is 443 g/mol. The van der Waals surface area contributed by atoms with E-state index < -0.39 is 5.82 Å². The van der Waals surface area contributed by atoms with Crippen molar-refractivity contribution in [3.8, 4) is 23.1 Å². The lowest BCUT2D eigenvalue weighted by molar-refractivity contribution is -0.137. The van der Waals surface area contributed by atoms with Crippen molar-refractivity contribution >= 4 is 17.1 Å². The second-order valence-corrected chi connectivity index (χ2v) is 8.45. The molecule has 0 radical (unpaired) electrons. The fraction of sp³-hybridized carbons (Fsp3) is 0.522. The third-order valence-corrected chi connectivity index (χ3v) is 6.38. The van der Waals surface area contributed by atoms with Gasteiger partial charge in [-0.3, -0.25) is 4.79 Å². The zero-order chi connectivity index (χ0) is 23.7. The minimum Gasteiger partial charge on any atom is -0.479 e. The average molecular weight is 471 g/mol. The lowest BCUT2D eigenvalue weighted by Crippen LogP contribution is -2.38. The number of fused-ring (bicyclic) bond motifs is 1. The molecule has 5 rings (SSSR count). The number of halogens is 1. The van der Waals surface area contributed by atoms with Crippen LogP contribution in [0, 0.1) is 11.7 Å². The topological polar surface area (TPSA) is 104 Å². The number of aryl methyl sites for hydroxylation is 1. The van der Waals surface area contributed by atoms with Gasteiger partial charge in [0.1, 0.15) is 18.3 Å². The van der Waals surface area contributed by atoms with E-state index in [9.17, 15) is 9.18 Å². The number of likely N-dealkylation sites (tertiary alicyclic amines) is 1. The normalized spacial score (nSPS) is 19.0. The maximum atomic E-state index is 14.3. The Bertz CT molecular complexity index is 1200. The van der Waals surface area contributed by atoms with E-state index in [4.69, 9.17) is 19.2 Å². The van der Waals surface area contributed by atoms with Crippen LogP contribution in [-0.4, -0.2) is 74.8 Å². The summed E-state index contributed by atoms with van der Waals surface area (Å²) in [6, 6.07) is 1.34. The zero-order valence-electron chi connectivity index (χ0n) is 19.2. The highest BCUT2D eigenvalue weighted by atomic mass is 19.1. The molecule has 0 aromatic carbocycles. The van der Waals surface area contributed by atoms with Crippen LogP contribution in [0.4, 0.5) is 4.39 Å². The average Bonchev–Trinajstić information content (AvgIpc) is 3.49. The van der Waals surface area contributed by atoms with Gasteiger partial charge in [-0.25, -0.2) is 19.3 Å². The fourth-order valence-electron chi connectivity index (χ4n) is 4.61. The van der Waals surface area contributed by atoms with Crippen molar-refractivity contribution < 1.29 is 23.4 Å². The number of rotatable bonds is 6. The van der Waals surface area contributed by atoms with Gasteiger partial charge in [-0.15, -0.1) is 0 Å². The Hall–Kier alpha value is -3.34. The van der Waals surface area contributed by atoms with Crippen molar-refractivity contribution in [2.45, 2.75) is 38.8 Å². The number of nitrogens with zero attached hydrogens (tertiary/aromatic N) is 6. The summed E-state index contributed by atoms with van der Waals surface area (Å²) >= 11 is 0. The number of aromatic nitrogens is 5. The van der Waals surface area contributed by atoms with Gasteiger partial charge in [0.2, 0.25) is 17.7 Å². The zero-order valence-corrected chi connectivity index (χ0v) is 19.2. The summed E-state index contributed by atoms with van der Waals surface area (Å²) in [6.07, 6.45) is 5.02. The maximum absolute atomic E-state index is 14.3. The second-order valence-electron chi connectivity index (χ2n) is 8.45. The Morgan fingerprint density at radius 1 is 1.21 bits per heavy atom. The molecule has 180 valence electrons. The number of imidazole rings is 1. The van der Waals surface area contributed by atoms with Crippen LogP contribution in [0.1, 0.15) is 26.2 Å². The van der Waals surface area contributed by atoms with Crippen LogP contribution in [0.15, 0.2) is 18.6 Å². The smallest absolute Gasteiger partial charge is 0.250 e. The highest BCUT2D eigenvalue weighted by Gasteiger charge is 2.33. The third-order valence-electron chi connectivity index (χ3n) is 6.38. The predicted octanol–water partition coefficient (Wildman–Crippen LogP) is 2.46. The van der Waals surface area contributed by atoms with Crippen molar-refractivity contribution in [2.75, 3.05) is 33.4 Å². The molecule has 5 heterocycles. The molecule has 1 atom stereocenters. The van der Waals surface area contributed by atoms with Gasteiger partial charge in [0.25, 0.3) is 0 Å². The molecule has 10 nitrogen and oxygen atoms in total. The first-order valence-electron chi connectivity index (χ1n) is 11.5. The van der Waals surface area contributed by atoms with Crippen molar-refractivity contribution in [1.29, 1.82) is 0 Å². The van der Waals surface area contributed by atoms with E-state index >= 15 is 0 Å². The first-order valence-corrected chi connectivity index (χ1v) is 11.5. The number of pyridine rings is 1. The van der Waals surface area contributed by atoms with E-state index in [1.165, 1.54) is 25.7 Å². The SMILES string of the molecule is CCn1c(-c2cnc(OC)c(F)c2)nc2c(OC3CCN(C(=O)C4CCOCC4)C3)ncnc21. The van der Waals surface area contributed by atoms with Crippen molar-refractivity contribution in [3.05, 3.63) is 24.4 Å². The van der Waals surface area contributed by atoms with Crippen LogP contribution < -0.4 is 9.47 Å². The first kappa shape index (κ1) is 22.5. The summed E-state index contributed by atoms with van der Waals surface area (Å²) in [4.78, 5) is 32.2. The quantitative estimate of drug-likeness (QED) is 0.541. The van der Waals surface area contributed by atoms with Gasteiger partial charge in [0.05, 0.1) is 13.7 Å². The molecule has 11 heteroatoms. The summed E-state index contributed by atoms with van der Waals surface area (Å²) in [5.41, 5.74) is 1.58. The molecule has 34 heavy (non-hydrogen) atoms. The Balaban J connectivity index is 1.38. The largest absolute Gasteiger partial charge is 0.479 e. The highest BCUT2D eigenvalue weighted by molar-refractivity contribution is 5.81. The van der Waals surface area contributed by atoms with Crippen molar-refractivity contribution in [1.82, 2.24) is 29.4 Å². The van der Waals surface area contributed by atoms with Crippen LogP contribution in [0.2, 0.25) is 0 Å². The molecule has 2 aliphatic heterocycles. The minimum absolute atomic E-state index is 0.0274. The van der Waals surface area contributed by atoms with E-state index in [0.29, 0.717) is 61.3 Å². The molecule has 2 saturated heterocycles.